The first-order valence-electron chi connectivity index (χ1n) is 4.69. The molecule has 1 aromatic heterocycles. The van der Waals surface area contributed by atoms with Gasteiger partial charge in [-0.15, -0.1) is 11.8 Å². The lowest BCUT2D eigenvalue weighted by atomic mass is 10.3. The van der Waals surface area contributed by atoms with Gasteiger partial charge in [0.2, 0.25) is 0 Å². The van der Waals surface area contributed by atoms with Crippen molar-refractivity contribution in [3.05, 3.63) is 23.4 Å². The Bertz CT molecular complexity index is 270. The summed E-state index contributed by atoms with van der Waals surface area (Å²) in [6.07, 6.45) is 4.80. The summed E-state index contributed by atoms with van der Waals surface area (Å²) in [5.41, 5.74) is 0. The predicted molar refractivity (Wildman–Crippen MR) is 60.9 cm³/mol. The number of hydrogen-bond donors (Lipinski definition) is 1. The molecule has 0 saturated carbocycles. The maximum atomic E-state index is 8.59. The van der Waals surface area contributed by atoms with Crippen LogP contribution in [0.4, 0.5) is 0 Å². The van der Waals surface area contributed by atoms with Crippen LogP contribution in [0.2, 0.25) is 5.02 Å². The molecular weight excluding hydrogens is 218 g/mol. The highest BCUT2D eigenvalue weighted by Crippen LogP contribution is 2.24. The maximum absolute atomic E-state index is 8.59. The van der Waals surface area contributed by atoms with Crippen LogP contribution in [-0.2, 0) is 0 Å². The number of aliphatic hydroxyl groups excluding tert-OH is 1. The molecule has 78 valence electrons. The lowest BCUT2D eigenvalue weighted by Crippen LogP contribution is -1.87. The second kappa shape index (κ2) is 7.10. The highest BCUT2D eigenvalue weighted by atomic mass is 35.5. The molecule has 0 bridgehead atoms. The zero-order chi connectivity index (χ0) is 10.2. The first-order chi connectivity index (χ1) is 6.84. The number of halogens is 1. The SMILES string of the molecule is OCCCCCSc1ncccc1Cl. The molecule has 0 spiro atoms. The van der Waals surface area contributed by atoms with E-state index in [9.17, 15) is 0 Å². The molecule has 4 heteroatoms. The molecular formula is C10H14ClNOS. The Kier molecular flexibility index (Phi) is 5.99. The minimum absolute atomic E-state index is 0.287. The lowest BCUT2D eigenvalue weighted by Gasteiger charge is -2.01. The van der Waals surface area contributed by atoms with E-state index < -0.39 is 0 Å². The van der Waals surface area contributed by atoms with Gasteiger partial charge in [0, 0.05) is 12.8 Å². The molecule has 0 aliphatic heterocycles. The Balaban J connectivity index is 2.21. The van der Waals surface area contributed by atoms with E-state index in [0.717, 1.165) is 35.1 Å². The van der Waals surface area contributed by atoms with Crippen LogP contribution in [-0.4, -0.2) is 22.5 Å². The van der Waals surface area contributed by atoms with Crippen LogP contribution in [0.3, 0.4) is 0 Å². The topological polar surface area (TPSA) is 33.1 Å². The molecule has 1 aromatic rings. The Morgan fingerprint density at radius 3 is 2.93 bits per heavy atom. The van der Waals surface area contributed by atoms with Gasteiger partial charge in [-0.2, -0.15) is 0 Å². The zero-order valence-corrected chi connectivity index (χ0v) is 9.52. The van der Waals surface area contributed by atoms with Gasteiger partial charge in [-0.05, 0) is 30.7 Å². The molecule has 1 rings (SSSR count). The van der Waals surface area contributed by atoms with Gasteiger partial charge >= 0.3 is 0 Å². The first kappa shape index (κ1) is 11.8. The quantitative estimate of drug-likeness (QED) is 0.604. The molecule has 1 N–H and O–H groups in total. The van der Waals surface area contributed by atoms with Gasteiger partial charge in [0.25, 0.3) is 0 Å². The third-order valence-electron chi connectivity index (χ3n) is 1.77. The average Bonchev–Trinajstić information content (AvgIpc) is 2.20. The standard InChI is InChI=1S/C10H14ClNOS/c11-9-5-4-6-12-10(9)14-8-3-1-2-7-13/h4-6,13H,1-3,7-8H2. The average molecular weight is 232 g/mol. The van der Waals surface area contributed by atoms with E-state index in [1.165, 1.54) is 0 Å². The monoisotopic (exact) mass is 231 g/mol. The van der Waals surface area contributed by atoms with Gasteiger partial charge in [0.1, 0.15) is 5.03 Å². The number of aliphatic hydroxyl groups is 1. The second-order valence-electron chi connectivity index (χ2n) is 2.92. The summed E-state index contributed by atoms with van der Waals surface area (Å²) in [5.74, 6) is 1.01. The van der Waals surface area contributed by atoms with Crippen molar-refractivity contribution in [2.45, 2.75) is 24.3 Å². The number of unbranched alkanes of at least 4 members (excludes halogenated alkanes) is 2. The van der Waals surface area contributed by atoms with E-state index in [0.29, 0.717) is 0 Å². The highest BCUT2D eigenvalue weighted by molar-refractivity contribution is 7.99. The summed E-state index contributed by atoms with van der Waals surface area (Å²) in [6.45, 7) is 0.287. The Morgan fingerprint density at radius 2 is 2.21 bits per heavy atom. The van der Waals surface area contributed by atoms with Gasteiger partial charge in [-0.1, -0.05) is 18.0 Å². The van der Waals surface area contributed by atoms with Crippen molar-refractivity contribution in [1.29, 1.82) is 0 Å². The number of rotatable bonds is 6. The molecule has 1 heterocycles. The smallest absolute Gasteiger partial charge is 0.115 e. The molecule has 0 radical (unpaired) electrons. The van der Waals surface area contributed by atoms with Crippen molar-refractivity contribution in [2.75, 3.05) is 12.4 Å². The van der Waals surface area contributed by atoms with Gasteiger partial charge in [0.05, 0.1) is 5.02 Å². The largest absolute Gasteiger partial charge is 0.396 e. The Hall–Kier alpha value is -0.250. The van der Waals surface area contributed by atoms with Gasteiger partial charge < -0.3 is 5.11 Å². The van der Waals surface area contributed by atoms with Crippen molar-refractivity contribution in [3.8, 4) is 0 Å². The number of hydrogen-bond acceptors (Lipinski definition) is 3. The van der Waals surface area contributed by atoms with Crippen LogP contribution in [0.1, 0.15) is 19.3 Å². The van der Waals surface area contributed by atoms with Crippen molar-refractivity contribution in [1.82, 2.24) is 4.98 Å². The normalized spacial score (nSPS) is 10.4. The molecule has 0 amide bonds. The summed E-state index contributed by atoms with van der Waals surface area (Å²) in [5, 5.41) is 10.2. The molecule has 0 fully saturated rings. The van der Waals surface area contributed by atoms with Crippen molar-refractivity contribution < 1.29 is 5.11 Å². The number of nitrogens with zero attached hydrogens (tertiary/aromatic N) is 1. The van der Waals surface area contributed by atoms with E-state index >= 15 is 0 Å². The zero-order valence-electron chi connectivity index (χ0n) is 7.95. The van der Waals surface area contributed by atoms with E-state index in [-0.39, 0.29) is 6.61 Å². The molecule has 14 heavy (non-hydrogen) atoms. The number of pyridine rings is 1. The predicted octanol–water partition coefficient (Wildman–Crippen LogP) is 2.99. The highest BCUT2D eigenvalue weighted by Gasteiger charge is 2.00. The van der Waals surface area contributed by atoms with Crippen molar-refractivity contribution >= 4 is 23.4 Å². The third kappa shape index (κ3) is 4.31. The summed E-state index contributed by atoms with van der Waals surface area (Å²) >= 11 is 7.61. The summed E-state index contributed by atoms with van der Waals surface area (Å²) in [4.78, 5) is 4.18. The van der Waals surface area contributed by atoms with Crippen LogP contribution < -0.4 is 0 Å². The van der Waals surface area contributed by atoms with E-state index in [1.54, 1.807) is 18.0 Å². The summed E-state index contributed by atoms with van der Waals surface area (Å²) < 4.78 is 0. The maximum Gasteiger partial charge on any atom is 0.115 e. The van der Waals surface area contributed by atoms with E-state index in [4.69, 9.17) is 16.7 Å². The van der Waals surface area contributed by atoms with Crippen molar-refractivity contribution in [2.24, 2.45) is 0 Å². The van der Waals surface area contributed by atoms with Gasteiger partial charge in [-0.25, -0.2) is 4.98 Å². The molecule has 2 nitrogen and oxygen atoms in total. The molecule has 0 aliphatic rings. The number of thioether (sulfide) groups is 1. The van der Waals surface area contributed by atoms with Crippen LogP contribution in [0.25, 0.3) is 0 Å². The van der Waals surface area contributed by atoms with Crippen LogP contribution in [0.15, 0.2) is 23.4 Å². The van der Waals surface area contributed by atoms with E-state index in [1.807, 2.05) is 12.1 Å². The molecule has 0 saturated heterocycles. The summed E-state index contributed by atoms with van der Waals surface area (Å²) in [6, 6.07) is 3.68. The number of aromatic nitrogens is 1. The fourth-order valence-corrected chi connectivity index (χ4v) is 2.21. The minimum atomic E-state index is 0.287. The summed E-state index contributed by atoms with van der Waals surface area (Å²) in [7, 11) is 0. The fraction of sp³-hybridized carbons (Fsp3) is 0.500. The fourth-order valence-electron chi connectivity index (χ4n) is 1.04. The van der Waals surface area contributed by atoms with Crippen LogP contribution >= 0.6 is 23.4 Å². The Morgan fingerprint density at radius 1 is 1.36 bits per heavy atom. The van der Waals surface area contributed by atoms with Gasteiger partial charge in [0.15, 0.2) is 0 Å². The molecule has 0 aromatic carbocycles. The Labute approximate surface area is 93.7 Å². The van der Waals surface area contributed by atoms with Crippen LogP contribution in [0.5, 0.6) is 0 Å². The lowest BCUT2D eigenvalue weighted by molar-refractivity contribution is 0.284. The van der Waals surface area contributed by atoms with E-state index in [2.05, 4.69) is 4.98 Å². The molecule has 0 aliphatic carbocycles. The van der Waals surface area contributed by atoms with Gasteiger partial charge in [-0.3, -0.25) is 0 Å². The van der Waals surface area contributed by atoms with Crippen LogP contribution in [0, 0.1) is 0 Å². The molecule has 0 atom stereocenters. The second-order valence-corrected chi connectivity index (χ2v) is 4.41. The third-order valence-corrected chi connectivity index (χ3v) is 3.27. The first-order valence-corrected chi connectivity index (χ1v) is 6.05. The van der Waals surface area contributed by atoms with Crippen molar-refractivity contribution in [3.63, 3.8) is 0 Å². The minimum Gasteiger partial charge on any atom is -0.396 e. The molecule has 0 unspecified atom stereocenters.